The Kier molecular flexibility index (Phi) is 4.04. The van der Waals surface area contributed by atoms with E-state index in [1.54, 1.807) is 0 Å². The highest BCUT2D eigenvalue weighted by Gasteiger charge is 2.43. The minimum absolute atomic E-state index is 0.133. The highest BCUT2D eigenvalue weighted by Crippen LogP contribution is 2.48. The van der Waals surface area contributed by atoms with E-state index in [1.807, 2.05) is 0 Å². The zero-order valence-corrected chi connectivity index (χ0v) is 13.9. The standard InChI is InChI=1S/C19H27N3O/c1-13(19(23-20)14-7-3-2-4-8-14)18-16-10-6-5-9-15(16)17-11-21-12-22(17)18/h5-6,9-11,13-14,18-19,21H,2-4,7-8,12,20H2,1H3. The summed E-state index contributed by atoms with van der Waals surface area (Å²) < 4.78 is 0. The Morgan fingerprint density at radius 1 is 1.22 bits per heavy atom. The molecule has 1 saturated carbocycles. The minimum atomic E-state index is 0.133. The van der Waals surface area contributed by atoms with Gasteiger partial charge in [0.25, 0.3) is 0 Å². The Bertz CT molecular complexity index is 594. The van der Waals surface area contributed by atoms with Crippen LogP contribution in [0.5, 0.6) is 0 Å². The van der Waals surface area contributed by atoms with Crippen molar-refractivity contribution in [3.8, 4) is 0 Å². The molecule has 3 atom stereocenters. The quantitative estimate of drug-likeness (QED) is 0.837. The van der Waals surface area contributed by atoms with Gasteiger partial charge in [-0.2, -0.15) is 0 Å². The lowest BCUT2D eigenvalue weighted by atomic mass is 9.77. The van der Waals surface area contributed by atoms with Crippen LogP contribution in [0.15, 0.2) is 30.5 Å². The first-order chi connectivity index (χ1) is 11.3. The maximum atomic E-state index is 5.78. The van der Waals surface area contributed by atoms with Gasteiger partial charge in [0, 0.05) is 17.7 Å². The summed E-state index contributed by atoms with van der Waals surface area (Å²) in [6.45, 7) is 3.19. The van der Waals surface area contributed by atoms with E-state index in [2.05, 4.69) is 47.6 Å². The van der Waals surface area contributed by atoms with Crippen LogP contribution in [0.4, 0.5) is 0 Å². The molecule has 23 heavy (non-hydrogen) atoms. The van der Waals surface area contributed by atoms with Crippen LogP contribution in [0.3, 0.4) is 0 Å². The number of hydrogen-bond donors (Lipinski definition) is 2. The van der Waals surface area contributed by atoms with E-state index in [0.717, 1.165) is 6.67 Å². The van der Waals surface area contributed by atoms with Crippen molar-refractivity contribution in [2.75, 3.05) is 6.67 Å². The Morgan fingerprint density at radius 2 is 2.00 bits per heavy atom. The molecule has 1 aliphatic carbocycles. The van der Waals surface area contributed by atoms with E-state index >= 15 is 0 Å². The number of hydrogen-bond acceptors (Lipinski definition) is 4. The second kappa shape index (κ2) is 6.17. The van der Waals surface area contributed by atoms with Gasteiger partial charge in [0.2, 0.25) is 0 Å². The Hall–Kier alpha value is -1.52. The molecule has 1 aromatic rings. The van der Waals surface area contributed by atoms with Gasteiger partial charge in [-0.1, -0.05) is 50.5 Å². The lowest BCUT2D eigenvalue weighted by Gasteiger charge is -2.38. The molecule has 3 N–H and O–H groups in total. The Morgan fingerprint density at radius 3 is 2.78 bits per heavy atom. The first kappa shape index (κ1) is 15.0. The summed E-state index contributed by atoms with van der Waals surface area (Å²) >= 11 is 0. The minimum Gasteiger partial charge on any atom is -0.372 e. The third kappa shape index (κ3) is 2.45. The molecule has 4 nitrogen and oxygen atoms in total. The van der Waals surface area contributed by atoms with Crippen LogP contribution in [-0.4, -0.2) is 17.7 Å². The first-order valence-electron chi connectivity index (χ1n) is 8.96. The fraction of sp³-hybridized carbons (Fsp3) is 0.579. The molecule has 0 radical (unpaired) electrons. The zero-order valence-electron chi connectivity index (χ0n) is 13.9. The second-order valence-electron chi connectivity index (χ2n) is 7.25. The van der Waals surface area contributed by atoms with E-state index in [9.17, 15) is 0 Å². The van der Waals surface area contributed by atoms with Crippen molar-refractivity contribution in [2.45, 2.75) is 51.2 Å². The van der Waals surface area contributed by atoms with Gasteiger partial charge in [-0.15, -0.1) is 0 Å². The molecule has 1 aromatic carbocycles. The molecule has 0 amide bonds. The van der Waals surface area contributed by atoms with Crippen LogP contribution in [0, 0.1) is 11.8 Å². The smallest absolute Gasteiger partial charge is 0.0879 e. The normalized spacial score (nSPS) is 26.3. The molecule has 0 saturated heterocycles. The number of benzene rings is 1. The van der Waals surface area contributed by atoms with Crippen molar-refractivity contribution in [3.05, 3.63) is 41.6 Å². The van der Waals surface area contributed by atoms with E-state index in [4.69, 9.17) is 10.7 Å². The van der Waals surface area contributed by atoms with Crippen LogP contribution in [0.25, 0.3) is 5.70 Å². The van der Waals surface area contributed by atoms with Crippen LogP contribution in [-0.2, 0) is 4.84 Å². The van der Waals surface area contributed by atoms with E-state index in [-0.39, 0.29) is 6.10 Å². The molecule has 3 aliphatic rings. The third-order valence-corrected chi connectivity index (χ3v) is 5.99. The summed E-state index contributed by atoms with van der Waals surface area (Å²) in [7, 11) is 0. The molecular formula is C19H27N3O. The maximum Gasteiger partial charge on any atom is 0.0879 e. The van der Waals surface area contributed by atoms with Gasteiger partial charge in [-0.05, 0) is 24.3 Å². The lowest BCUT2D eigenvalue weighted by Crippen LogP contribution is -2.41. The predicted octanol–water partition coefficient (Wildman–Crippen LogP) is 3.38. The number of nitrogens with zero attached hydrogens (tertiary/aromatic N) is 1. The number of nitrogens with one attached hydrogen (secondary N) is 1. The molecular weight excluding hydrogens is 286 g/mol. The van der Waals surface area contributed by atoms with Crippen molar-refractivity contribution in [1.82, 2.24) is 10.2 Å². The fourth-order valence-corrected chi connectivity index (χ4v) is 4.92. The Balaban J connectivity index is 1.64. The summed E-state index contributed by atoms with van der Waals surface area (Å²) in [5.41, 5.74) is 4.09. The molecule has 124 valence electrons. The van der Waals surface area contributed by atoms with E-state index in [1.165, 1.54) is 48.9 Å². The second-order valence-corrected chi connectivity index (χ2v) is 7.25. The molecule has 1 fully saturated rings. The van der Waals surface area contributed by atoms with Crippen molar-refractivity contribution < 1.29 is 4.84 Å². The molecule has 4 heteroatoms. The van der Waals surface area contributed by atoms with Gasteiger partial charge in [0.1, 0.15) is 0 Å². The van der Waals surface area contributed by atoms with Crippen LogP contribution >= 0.6 is 0 Å². The van der Waals surface area contributed by atoms with Crippen molar-refractivity contribution in [2.24, 2.45) is 17.7 Å². The van der Waals surface area contributed by atoms with Gasteiger partial charge < -0.3 is 15.1 Å². The maximum absolute atomic E-state index is 5.78. The van der Waals surface area contributed by atoms with Crippen molar-refractivity contribution in [3.63, 3.8) is 0 Å². The van der Waals surface area contributed by atoms with Gasteiger partial charge in [0.15, 0.2) is 0 Å². The highest BCUT2D eigenvalue weighted by atomic mass is 16.6. The summed E-state index contributed by atoms with van der Waals surface area (Å²) in [5.74, 6) is 6.75. The zero-order chi connectivity index (χ0) is 15.8. The largest absolute Gasteiger partial charge is 0.372 e. The van der Waals surface area contributed by atoms with Gasteiger partial charge >= 0.3 is 0 Å². The van der Waals surface area contributed by atoms with E-state index < -0.39 is 0 Å². The number of fused-ring (bicyclic) bond motifs is 3. The molecule has 0 bridgehead atoms. The Labute approximate surface area is 138 Å². The molecule has 0 aromatic heterocycles. The van der Waals surface area contributed by atoms with E-state index in [0.29, 0.717) is 17.9 Å². The first-order valence-corrected chi connectivity index (χ1v) is 8.96. The molecule has 4 rings (SSSR count). The number of rotatable bonds is 4. The lowest BCUT2D eigenvalue weighted by molar-refractivity contribution is -0.0523. The van der Waals surface area contributed by atoms with Gasteiger partial charge in [-0.25, -0.2) is 5.90 Å². The summed E-state index contributed by atoms with van der Waals surface area (Å²) in [6, 6.07) is 9.12. The summed E-state index contributed by atoms with van der Waals surface area (Å²) in [4.78, 5) is 8.04. The monoisotopic (exact) mass is 313 g/mol. The molecule has 2 aliphatic heterocycles. The van der Waals surface area contributed by atoms with Crippen molar-refractivity contribution in [1.29, 1.82) is 0 Å². The van der Waals surface area contributed by atoms with Crippen LogP contribution in [0.2, 0.25) is 0 Å². The number of nitrogens with two attached hydrogens (primary N) is 1. The summed E-state index contributed by atoms with van der Waals surface area (Å²) in [6.07, 6.45) is 8.77. The average Bonchev–Trinajstić information content (AvgIpc) is 3.17. The third-order valence-electron chi connectivity index (χ3n) is 5.99. The van der Waals surface area contributed by atoms with Crippen molar-refractivity contribution >= 4 is 5.70 Å². The topological polar surface area (TPSA) is 50.5 Å². The fourth-order valence-electron chi connectivity index (χ4n) is 4.92. The highest BCUT2D eigenvalue weighted by molar-refractivity contribution is 5.73. The summed E-state index contributed by atoms with van der Waals surface area (Å²) in [5, 5.41) is 3.38. The molecule has 3 unspecified atom stereocenters. The van der Waals surface area contributed by atoms with Crippen LogP contribution in [0.1, 0.15) is 56.2 Å². The molecule has 2 heterocycles. The predicted molar refractivity (Wildman–Crippen MR) is 91.8 cm³/mol. The van der Waals surface area contributed by atoms with Gasteiger partial charge in [0.05, 0.1) is 24.5 Å². The van der Waals surface area contributed by atoms with Gasteiger partial charge in [-0.3, -0.25) is 0 Å². The molecule has 0 spiro atoms. The van der Waals surface area contributed by atoms with Crippen LogP contribution < -0.4 is 11.2 Å². The average molecular weight is 313 g/mol. The SMILES string of the molecule is CC(C(ON)C1CCCCC1)C1c2ccccc2C2=CNCN21.